The smallest absolute Gasteiger partial charge is 0.318 e. The fraction of sp³-hybridized carbons (Fsp3) is 0.462. The van der Waals surface area contributed by atoms with Crippen LogP contribution in [0.15, 0.2) is 16.5 Å². The SMILES string of the molecule is C=C(S/C(=N\C)NC=O)[C@@H]1CC[C@@H](c2nnc(NC(N)=O)s2)C1. The van der Waals surface area contributed by atoms with Crippen LogP contribution in [0.5, 0.6) is 0 Å². The van der Waals surface area contributed by atoms with Crippen molar-refractivity contribution in [1.82, 2.24) is 15.5 Å². The predicted octanol–water partition coefficient (Wildman–Crippen LogP) is 1.89. The van der Waals surface area contributed by atoms with Crippen LogP contribution in [-0.4, -0.2) is 34.9 Å². The average molecular weight is 354 g/mol. The highest BCUT2D eigenvalue weighted by Crippen LogP contribution is 2.45. The first-order valence-corrected chi connectivity index (χ1v) is 8.60. The molecule has 1 aliphatic carbocycles. The molecule has 2 rings (SSSR count). The number of aromatic nitrogens is 2. The standard InChI is InChI=1S/C13H18N6O2S2/c1-7(22-12(15-2)16-6-20)8-3-4-9(5-8)10-18-19-13(23-10)17-11(14)21/h6,8-9H,1,3-5H2,2H3,(H,15,16,20)(H3,14,17,19,21)/t8-,9-/m1/s1. The van der Waals surface area contributed by atoms with Crippen LogP contribution in [0.1, 0.15) is 30.2 Å². The Morgan fingerprint density at radius 3 is 2.96 bits per heavy atom. The minimum absolute atomic E-state index is 0.291. The summed E-state index contributed by atoms with van der Waals surface area (Å²) in [5.41, 5.74) is 5.07. The van der Waals surface area contributed by atoms with E-state index in [1.807, 2.05) is 0 Å². The maximum absolute atomic E-state index is 10.8. The van der Waals surface area contributed by atoms with Crippen LogP contribution in [0.4, 0.5) is 9.93 Å². The van der Waals surface area contributed by atoms with Crippen molar-refractivity contribution in [3.63, 3.8) is 0 Å². The van der Waals surface area contributed by atoms with Gasteiger partial charge in [0.1, 0.15) is 5.01 Å². The van der Waals surface area contributed by atoms with E-state index in [4.69, 9.17) is 5.73 Å². The molecule has 1 aromatic rings. The van der Waals surface area contributed by atoms with E-state index < -0.39 is 6.03 Å². The molecule has 4 N–H and O–H groups in total. The average Bonchev–Trinajstić information content (AvgIpc) is 3.14. The second-order valence-electron chi connectivity index (χ2n) is 5.00. The van der Waals surface area contributed by atoms with Crippen LogP contribution in [0.3, 0.4) is 0 Å². The third-order valence-corrected chi connectivity index (χ3v) is 5.61. The number of aliphatic imine (C=N–C) groups is 1. The number of thioether (sulfide) groups is 1. The number of allylic oxidation sites excluding steroid dienone is 1. The van der Waals surface area contributed by atoms with Gasteiger partial charge in [0.05, 0.1) is 0 Å². The monoisotopic (exact) mass is 354 g/mol. The second kappa shape index (κ2) is 8.06. The van der Waals surface area contributed by atoms with Crippen LogP contribution in [0.25, 0.3) is 0 Å². The molecular weight excluding hydrogens is 336 g/mol. The molecule has 8 nitrogen and oxygen atoms in total. The van der Waals surface area contributed by atoms with Gasteiger partial charge in [-0.3, -0.25) is 15.1 Å². The lowest BCUT2D eigenvalue weighted by Crippen LogP contribution is -2.18. The van der Waals surface area contributed by atoms with E-state index in [-0.39, 0.29) is 0 Å². The number of urea groups is 1. The molecule has 1 fully saturated rings. The lowest BCUT2D eigenvalue weighted by atomic mass is 10.1. The van der Waals surface area contributed by atoms with Gasteiger partial charge in [-0.05, 0) is 30.1 Å². The van der Waals surface area contributed by atoms with Gasteiger partial charge in [0, 0.05) is 13.0 Å². The molecule has 0 aromatic carbocycles. The quantitative estimate of drug-likeness (QED) is 0.423. The highest BCUT2D eigenvalue weighted by atomic mass is 32.2. The van der Waals surface area contributed by atoms with E-state index >= 15 is 0 Å². The highest BCUT2D eigenvalue weighted by Gasteiger charge is 2.30. The predicted molar refractivity (Wildman–Crippen MR) is 92.5 cm³/mol. The Hall–Kier alpha value is -1.94. The first-order valence-electron chi connectivity index (χ1n) is 6.97. The van der Waals surface area contributed by atoms with Gasteiger partial charge in [-0.2, -0.15) is 0 Å². The maximum atomic E-state index is 10.8. The molecule has 124 valence electrons. The van der Waals surface area contributed by atoms with E-state index in [9.17, 15) is 9.59 Å². The highest BCUT2D eigenvalue weighted by molar-refractivity contribution is 8.17. The number of nitrogens with one attached hydrogen (secondary N) is 2. The Balaban J connectivity index is 1.92. The summed E-state index contributed by atoms with van der Waals surface area (Å²) in [5, 5.41) is 14.9. The number of nitrogens with two attached hydrogens (primary N) is 1. The molecule has 0 bridgehead atoms. The van der Waals surface area contributed by atoms with Crippen LogP contribution in [-0.2, 0) is 4.79 Å². The number of rotatable bonds is 5. The molecular formula is C13H18N6O2S2. The van der Waals surface area contributed by atoms with Crippen molar-refractivity contribution < 1.29 is 9.59 Å². The summed E-state index contributed by atoms with van der Waals surface area (Å²) in [6.45, 7) is 4.10. The van der Waals surface area contributed by atoms with Gasteiger partial charge >= 0.3 is 6.03 Å². The molecule has 0 radical (unpaired) electrons. The van der Waals surface area contributed by atoms with Crippen LogP contribution < -0.4 is 16.4 Å². The number of amidine groups is 1. The Kier molecular flexibility index (Phi) is 6.11. The number of carbonyl (C=O) groups excluding carboxylic acids is 2. The summed E-state index contributed by atoms with van der Waals surface area (Å²) >= 11 is 2.73. The lowest BCUT2D eigenvalue weighted by Gasteiger charge is -2.13. The molecule has 1 aromatic heterocycles. The third-order valence-electron chi connectivity index (χ3n) is 3.52. The number of anilines is 1. The van der Waals surface area contributed by atoms with Crippen molar-refractivity contribution in [3.8, 4) is 0 Å². The van der Waals surface area contributed by atoms with E-state index in [1.54, 1.807) is 7.05 Å². The Morgan fingerprint density at radius 2 is 2.30 bits per heavy atom. The Morgan fingerprint density at radius 1 is 1.52 bits per heavy atom. The number of carbonyl (C=O) groups is 2. The number of hydrogen-bond donors (Lipinski definition) is 3. The van der Waals surface area contributed by atoms with Gasteiger partial charge in [-0.15, -0.1) is 10.2 Å². The topological polar surface area (TPSA) is 122 Å². The fourth-order valence-electron chi connectivity index (χ4n) is 2.45. The Labute approximate surface area is 142 Å². The lowest BCUT2D eigenvalue weighted by molar-refractivity contribution is -0.108. The van der Waals surface area contributed by atoms with Crippen LogP contribution in [0.2, 0.25) is 0 Å². The molecule has 1 aliphatic rings. The summed E-state index contributed by atoms with van der Waals surface area (Å²) in [6.07, 6.45) is 3.49. The minimum atomic E-state index is -0.643. The van der Waals surface area contributed by atoms with E-state index in [0.29, 0.717) is 28.5 Å². The zero-order chi connectivity index (χ0) is 16.8. The van der Waals surface area contributed by atoms with Crippen molar-refractivity contribution in [2.75, 3.05) is 12.4 Å². The molecule has 0 unspecified atom stereocenters. The minimum Gasteiger partial charge on any atom is -0.351 e. The van der Waals surface area contributed by atoms with Crippen LogP contribution in [0, 0.1) is 5.92 Å². The van der Waals surface area contributed by atoms with Gasteiger partial charge < -0.3 is 11.1 Å². The maximum Gasteiger partial charge on any atom is 0.318 e. The fourth-order valence-corrected chi connectivity index (χ4v) is 4.17. The largest absolute Gasteiger partial charge is 0.351 e. The molecule has 0 aliphatic heterocycles. The number of primary amides is 1. The molecule has 2 atom stereocenters. The van der Waals surface area contributed by atoms with Gasteiger partial charge in [0.25, 0.3) is 0 Å². The summed E-state index contributed by atoms with van der Waals surface area (Å²) < 4.78 is 0. The molecule has 0 saturated heterocycles. The third kappa shape index (κ3) is 4.76. The first-order chi connectivity index (χ1) is 11.0. The van der Waals surface area contributed by atoms with Crippen molar-refractivity contribution >= 4 is 45.8 Å². The first kappa shape index (κ1) is 17.4. The second-order valence-corrected chi connectivity index (χ2v) is 7.13. The summed E-state index contributed by atoms with van der Waals surface area (Å²) in [6, 6.07) is -0.643. The normalized spacial score (nSPS) is 21.0. The van der Waals surface area contributed by atoms with Crippen LogP contribution >= 0.6 is 23.1 Å². The van der Waals surface area contributed by atoms with Gasteiger partial charge in [0.2, 0.25) is 11.5 Å². The van der Waals surface area contributed by atoms with E-state index in [2.05, 4.69) is 32.4 Å². The van der Waals surface area contributed by atoms with Crippen molar-refractivity contribution in [3.05, 3.63) is 16.5 Å². The molecule has 1 saturated carbocycles. The van der Waals surface area contributed by atoms with E-state index in [1.165, 1.54) is 23.1 Å². The number of amides is 3. The zero-order valence-electron chi connectivity index (χ0n) is 12.6. The summed E-state index contributed by atoms with van der Waals surface area (Å²) in [7, 11) is 1.62. The van der Waals surface area contributed by atoms with Gasteiger partial charge in [0.15, 0.2) is 5.17 Å². The summed E-state index contributed by atoms with van der Waals surface area (Å²) in [4.78, 5) is 26.3. The zero-order valence-corrected chi connectivity index (χ0v) is 14.2. The van der Waals surface area contributed by atoms with Gasteiger partial charge in [-0.1, -0.05) is 29.7 Å². The molecule has 10 heteroatoms. The number of hydrogen-bond acceptors (Lipinski definition) is 7. The summed E-state index contributed by atoms with van der Waals surface area (Å²) in [5.74, 6) is 0.617. The molecule has 3 amide bonds. The van der Waals surface area contributed by atoms with Crippen molar-refractivity contribution in [2.24, 2.45) is 16.6 Å². The van der Waals surface area contributed by atoms with Gasteiger partial charge in [-0.25, -0.2) is 4.79 Å². The number of nitrogens with zero attached hydrogens (tertiary/aromatic N) is 3. The Bertz CT molecular complexity index is 630. The molecule has 1 heterocycles. The van der Waals surface area contributed by atoms with Crippen molar-refractivity contribution in [2.45, 2.75) is 25.2 Å². The van der Waals surface area contributed by atoms with E-state index in [0.717, 1.165) is 29.2 Å². The molecule has 0 spiro atoms. The molecule has 23 heavy (non-hydrogen) atoms. The van der Waals surface area contributed by atoms with Crippen molar-refractivity contribution in [1.29, 1.82) is 0 Å².